The molecule has 0 saturated carbocycles. The highest BCUT2D eigenvalue weighted by Crippen LogP contribution is 2.28. The van der Waals surface area contributed by atoms with Gasteiger partial charge in [0.25, 0.3) is 5.91 Å². The van der Waals surface area contributed by atoms with Gasteiger partial charge in [-0.15, -0.1) is 24.8 Å². The highest BCUT2D eigenvalue weighted by molar-refractivity contribution is 5.94. The molecule has 1 amide bonds. The van der Waals surface area contributed by atoms with Gasteiger partial charge in [0.1, 0.15) is 5.69 Å². The Morgan fingerprint density at radius 2 is 2.05 bits per heavy atom. The Kier molecular flexibility index (Phi) is 7.61. The van der Waals surface area contributed by atoms with Crippen molar-refractivity contribution in [2.75, 3.05) is 13.1 Å². The fourth-order valence-corrected chi connectivity index (χ4v) is 2.45. The molecule has 1 aliphatic heterocycles. The van der Waals surface area contributed by atoms with Gasteiger partial charge in [0.05, 0.1) is 5.56 Å². The van der Waals surface area contributed by atoms with Crippen LogP contribution in [-0.4, -0.2) is 34.9 Å². The Hall–Kier alpha value is -1.05. The molecule has 1 aliphatic rings. The minimum absolute atomic E-state index is 0. The minimum Gasteiger partial charge on any atom is -0.336 e. The normalized spacial score (nSPS) is 21.0. The number of amides is 1. The molecule has 0 aromatic carbocycles. The zero-order chi connectivity index (χ0) is 14.9. The smallest absolute Gasteiger partial charge is 0.336 e. The van der Waals surface area contributed by atoms with Gasteiger partial charge >= 0.3 is 6.18 Å². The zero-order valence-electron chi connectivity index (χ0n) is 11.8. The zero-order valence-corrected chi connectivity index (χ0v) is 13.5. The number of rotatable bonds is 2. The van der Waals surface area contributed by atoms with Gasteiger partial charge in [-0.3, -0.25) is 9.78 Å². The quantitative estimate of drug-likeness (QED) is 0.882. The van der Waals surface area contributed by atoms with Gasteiger partial charge in [-0.05, 0) is 37.9 Å². The molecule has 2 rings (SSSR count). The molecule has 0 bridgehead atoms. The highest BCUT2D eigenvalue weighted by atomic mass is 35.5. The van der Waals surface area contributed by atoms with Gasteiger partial charge in [0, 0.05) is 18.8 Å². The number of pyridine rings is 1. The molecule has 2 unspecified atom stereocenters. The van der Waals surface area contributed by atoms with Gasteiger partial charge < -0.3 is 10.6 Å². The van der Waals surface area contributed by atoms with E-state index in [1.807, 2.05) is 6.92 Å². The summed E-state index contributed by atoms with van der Waals surface area (Å²) in [6, 6.07) is 2.04. The molecule has 0 radical (unpaired) electrons. The molecule has 4 nitrogen and oxygen atoms in total. The summed E-state index contributed by atoms with van der Waals surface area (Å²) in [6.07, 6.45) is -2.70. The van der Waals surface area contributed by atoms with Crippen LogP contribution in [0, 0.1) is 5.92 Å². The predicted molar refractivity (Wildman–Crippen MR) is 81.4 cm³/mol. The van der Waals surface area contributed by atoms with Gasteiger partial charge in [-0.2, -0.15) is 13.2 Å². The number of nitrogens with two attached hydrogens (primary N) is 1. The first kappa shape index (κ1) is 20.9. The lowest BCUT2D eigenvalue weighted by Gasteiger charge is -2.21. The number of aromatic nitrogens is 1. The van der Waals surface area contributed by atoms with E-state index in [2.05, 4.69) is 4.98 Å². The van der Waals surface area contributed by atoms with Gasteiger partial charge in [0.2, 0.25) is 0 Å². The van der Waals surface area contributed by atoms with Crippen LogP contribution in [0.5, 0.6) is 0 Å². The van der Waals surface area contributed by atoms with Crippen LogP contribution < -0.4 is 5.73 Å². The van der Waals surface area contributed by atoms with Crippen molar-refractivity contribution in [1.29, 1.82) is 0 Å². The van der Waals surface area contributed by atoms with Gasteiger partial charge in [-0.25, -0.2) is 0 Å². The molecular weight excluding hydrogens is 342 g/mol. The Bertz CT molecular complexity index is 496. The van der Waals surface area contributed by atoms with Crippen LogP contribution in [0.2, 0.25) is 0 Å². The summed E-state index contributed by atoms with van der Waals surface area (Å²) in [7, 11) is 0. The number of carbonyl (C=O) groups is 1. The molecule has 2 atom stereocenters. The van der Waals surface area contributed by atoms with Crippen molar-refractivity contribution in [2.45, 2.75) is 25.6 Å². The molecule has 1 aromatic rings. The number of hydrogen-bond donors (Lipinski definition) is 1. The minimum atomic E-state index is -4.49. The highest BCUT2D eigenvalue weighted by Gasteiger charge is 2.34. The first-order valence-corrected chi connectivity index (χ1v) is 6.37. The van der Waals surface area contributed by atoms with E-state index in [9.17, 15) is 18.0 Å². The van der Waals surface area contributed by atoms with Crippen LogP contribution in [0.15, 0.2) is 18.3 Å². The van der Waals surface area contributed by atoms with Crippen LogP contribution in [0.1, 0.15) is 29.4 Å². The van der Waals surface area contributed by atoms with E-state index in [1.54, 1.807) is 4.90 Å². The lowest BCUT2D eigenvalue weighted by atomic mass is 10.1. The van der Waals surface area contributed by atoms with Crippen molar-refractivity contribution >= 4 is 30.7 Å². The molecule has 2 heterocycles. The maximum Gasteiger partial charge on any atom is 0.433 e. The third-order valence-electron chi connectivity index (χ3n) is 3.56. The molecular formula is C13H18Cl2F3N3O. The van der Waals surface area contributed by atoms with Crippen LogP contribution in [0.25, 0.3) is 0 Å². The summed E-state index contributed by atoms with van der Waals surface area (Å²) >= 11 is 0. The lowest BCUT2D eigenvalue weighted by Crippen LogP contribution is -2.34. The largest absolute Gasteiger partial charge is 0.433 e. The summed E-state index contributed by atoms with van der Waals surface area (Å²) in [5.74, 6) is -0.0500. The number of hydrogen-bond acceptors (Lipinski definition) is 3. The van der Waals surface area contributed by atoms with E-state index >= 15 is 0 Å². The monoisotopic (exact) mass is 359 g/mol. The van der Waals surface area contributed by atoms with Crippen molar-refractivity contribution < 1.29 is 18.0 Å². The average molecular weight is 360 g/mol. The number of halogens is 5. The second-order valence-electron chi connectivity index (χ2n) is 5.07. The van der Waals surface area contributed by atoms with Crippen molar-refractivity contribution in [3.05, 3.63) is 29.6 Å². The summed E-state index contributed by atoms with van der Waals surface area (Å²) in [4.78, 5) is 17.2. The summed E-state index contributed by atoms with van der Waals surface area (Å²) in [5, 5.41) is 0. The standard InChI is InChI=1S/C13H16F3N3O.2ClH/c1-8-4-9(5-17)7-19(8)12(20)10-2-3-11(18-6-10)13(14,15)16;;/h2-3,6,8-9H,4-5,7,17H2,1H3;2*1H. The second-order valence-corrected chi connectivity index (χ2v) is 5.07. The second kappa shape index (κ2) is 7.99. The predicted octanol–water partition coefficient (Wildman–Crippen LogP) is 2.75. The van der Waals surface area contributed by atoms with E-state index in [0.717, 1.165) is 18.7 Å². The molecule has 22 heavy (non-hydrogen) atoms. The maximum absolute atomic E-state index is 12.4. The van der Waals surface area contributed by atoms with Crippen LogP contribution in [0.3, 0.4) is 0 Å². The summed E-state index contributed by atoms with van der Waals surface area (Å²) in [6.45, 7) is 2.95. The third-order valence-corrected chi connectivity index (χ3v) is 3.56. The number of nitrogens with zero attached hydrogens (tertiary/aromatic N) is 2. The Morgan fingerprint density at radius 3 is 2.45 bits per heavy atom. The molecule has 0 aliphatic carbocycles. The number of likely N-dealkylation sites (tertiary alicyclic amines) is 1. The van der Waals surface area contributed by atoms with E-state index in [1.165, 1.54) is 6.07 Å². The van der Waals surface area contributed by atoms with Gasteiger partial charge in [0.15, 0.2) is 0 Å². The van der Waals surface area contributed by atoms with E-state index in [0.29, 0.717) is 13.1 Å². The fraction of sp³-hybridized carbons (Fsp3) is 0.538. The van der Waals surface area contributed by atoms with Crippen LogP contribution in [0.4, 0.5) is 13.2 Å². The summed E-state index contributed by atoms with van der Waals surface area (Å²) < 4.78 is 37.2. The molecule has 1 saturated heterocycles. The molecule has 1 fully saturated rings. The number of carbonyl (C=O) groups excluding carboxylic acids is 1. The van der Waals surface area contributed by atoms with E-state index < -0.39 is 11.9 Å². The van der Waals surface area contributed by atoms with Crippen molar-refractivity contribution in [3.63, 3.8) is 0 Å². The Labute approximate surface area is 139 Å². The van der Waals surface area contributed by atoms with E-state index in [4.69, 9.17) is 5.73 Å². The van der Waals surface area contributed by atoms with Crippen molar-refractivity contribution in [2.24, 2.45) is 11.7 Å². The SMILES string of the molecule is CC1CC(CN)CN1C(=O)c1ccc(C(F)(F)F)nc1.Cl.Cl. The Morgan fingerprint density at radius 1 is 1.41 bits per heavy atom. The molecule has 0 spiro atoms. The third kappa shape index (κ3) is 4.47. The van der Waals surface area contributed by atoms with Crippen LogP contribution >= 0.6 is 24.8 Å². The number of alkyl halides is 3. The molecule has 126 valence electrons. The first-order chi connectivity index (χ1) is 9.32. The first-order valence-electron chi connectivity index (χ1n) is 6.37. The fourth-order valence-electron chi connectivity index (χ4n) is 2.45. The average Bonchev–Trinajstić information content (AvgIpc) is 2.78. The molecule has 1 aromatic heterocycles. The van der Waals surface area contributed by atoms with Gasteiger partial charge in [-0.1, -0.05) is 0 Å². The molecule has 9 heteroatoms. The molecule has 2 N–H and O–H groups in total. The lowest BCUT2D eigenvalue weighted by molar-refractivity contribution is -0.141. The summed E-state index contributed by atoms with van der Waals surface area (Å²) in [5.41, 5.74) is 4.76. The van der Waals surface area contributed by atoms with Crippen molar-refractivity contribution in [1.82, 2.24) is 9.88 Å². The van der Waals surface area contributed by atoms with E-state index in [-0.39, 0.29) is 48.2 Å². The topological polar surface area (TPSA) is 59.2 Å². The maximum atomic E-state index is 12.4. The van der Waals surface area contributed by atoms with Crippen molar-refractivity contribution in [3.8, 4) is 0 Å². The Balaban J connectivity index is 0.00000220. The van der Waals surface area contributed by atoms with Crippen LogP contribution in [-0.2, 0) is 6.18 Å².